The van der Waals surface area contributed by atoms with Crippen LogP contribution in [-0.2, 0) is 11.3 Å². The van der Waals surface area contributed by atoms with E-state index >= 15 is 0 Å². The molecule has 0 bridgehead atoms. The van der Waals surface area contributed by atoms with Gasteiger partial charge in [-0.15, -0.1) is 0 Å². The van der Waals surface area contributed by atoms with E-state index in [1.807, 2.05) is 0 Å². The van der Waals surface area contributed by atoms with Gasteiger partial charge in [-0.2, -0.15) is 26.3 Å². The minimum Gasteiger partial charge on any atom is -0.256 e. The third-order valence-corrected chi connectivity index (χ3v) is 5.63. The highest BCUT2D eigenvalue weighted by atomic mass is 19.4. The summed E-state index contributed by atoms with van der Waals surface area (Å²) in [6, 6.07) is 15.2. The molecular weight excluding hydrogens is 436 g/mol. The van der Waals surface area contributed by atoms with Crippen LogP contribution in [0.5, 0.6) is 0 Å². The van der Waals surface area contributed by atoms with Crippen LogP contribution in [-0.4, -0.2) is 17.3 Å². The summed E-state index contributed by atoms with van der Waals surface area (Å²) in [5, 5.41) is 0. The summed E-state index contributed by atoms with van der Waals surface area (Å²) in [5.41, 5.74) is 6.84. The molecule has 166 valence electrons. The van der Waals surface area contributed by atoms with Gasteiger partial charge >= 0.3 is 12.4 Å². The molecule has 5 nitrogen and oxygen atoms in total. The van der Waals surface area contributed by atoms with Crippen LogP contribution >= 0.6 is 0 Å². The van der Waals surface area contributed by atoms with Crippen molar-refractivity contribution in [2.45, 2.75) is 23.7 Å². The van der Waals surface area contributed by atoms with Gasteiger partial charge in [-0.1, -0.05) is 54.6 Å². The van der Waals surface area contributed by atoms with Crippen LogP contribution in [0.4, 0.5) is 26.3 Å². The number of pyridine rings is 1. The first kappa shape index (κ1) is 20.9. The standard InChI is InChI=1S/C21H15F6N5/c22-20(23,24)18(29-30-18)15-6-1-12(2-7-15)14-5-10-17(28-11-14)13-3-8-16(9-4-13)19(31-32-19)21(25,26)27/h1-11,29-32H. The summed E-state index contributed by atoms with van der Waals surface area (Å²) in [4.78, 5) is 4.35. The zero-order chi connectivity index (χ0) is 22.8. The van der Waals surface area contributed by atoms with Crippen molar-refractivity contribution in [2.24, 2.45) is 0 Å². The second kappa shape index (κ2) is 6.75. The number of benzene rings is 2. The van der Waals surface area contributed by atoms with Crippen LogP contribution in [0.15, 0.2) is 66.9 Å². The van der Waals surface area contributed by atoms with Gasteiger partial charge in [0.05, 0.1) is 5.69 Å². The van der Waals surface area contributed by atoms with E-state index in [2.05, 4.69) is 26.7 Å². The van der Waals surface area contributed by atoms with Crippen molar-refractivity contribution >= 4 is 0 Å². The number of hydrazine groups is 2. The average Bonchev–Trinajstić information content (AvgIpc) is 3.66. The molecule has 2 saturated heterocycles. The SMILES string of the molecule is FC(F)(F)C1(c2ccc(-c3ccc(-c4ccc(C5(C(F)(F)F)NN5)cc4)nc3)cc2)NN1. The van der Waals surface area contributed by atoms with E-state index in [0.717, 1.165) is 0 Å². The molecule has 5 rings (SSSR count). The van der Waals surface area contributed by atoms with Gasteiger partial charge in [-0.05, 0) is 22.8 Å². The van der Waals surface area contributed by atoms with Gasteiger partial charge in [0.25, 0.3) is 0 Å². The second-order valence-electron chi connectivity index (χ2n) is 7.58. The van der Waals surface area contributed by atoms with Gasteiger partial charge < -0.3 is 0 Å². The van der Waals surface area contributed by atoms with E-state index in [-0.39, 0.29) is 11.1 Å². The predicted molar refractivity (Wildman–Crippen MR) is 103 cm³/mol. The smallest absolute Gasteiger partial charge is 0.256 e. The fourth-order valence-corrected chi connectivity index (χ4v) is 3.56. The van der Waals surface area contributed by atoms with Gasteiger partial charge in [0, 0.05) is 17.3 Å². The molecule has 0 spiro atoms. The van der Waals surface area contributed by atoms with E-state index in [9.17, 15) is 26.3 Å². The Labute approximate surface area is 177 Å². The number of rotatable bonds is 4. The Morgan fingerprint density at radius 1 is 0.531 bits per heavy atom. The van der Waals surface area contributed by atoms with Gasteiger partial charge in [0.15, 0.2) is 0 Å². The highest BCUT2D eigenvalue weighted by molar-refractivity contribution is 5.67. The lowest BCUT2D eigenvalue weighted by Crippen LogP contribution is -2.34. The predicted octanol–water partition coefficient (Wildman–Crippen LogP) is 4.06. The van der Waals surface area contributed by atoms with Crippen LogP contribution in [0, 0.1) is 0 Å². The largest absolute Gasteiger partial charge is 0.426 e. The summed E-state index contributed by atoms with van der Waals surface area (Å²) in [6.07, 6.45) is -7.39. The third-order valence-electron chi connectivity index (χ3n) is 5.63. The molecule has 3 aromatic rings. The Balaban J connectivity index is 1.34. The number of hydrogen-bond acceptors (Lipinski definition) is 5. The molecule has 0 saturated carbocycles. The van der Waals surface area contributed by atoms with Crippen molar-refractivity contribution in [3.05, 3.63) is 78.0 Å². The van der Waals surface area contributed by atoms with E-state index < -0.39 is 23.7 Å². The molecule has 2 aliphatic heterocycles. The number of nitrogens with one attached hydrogen (secondary N) is 4. The first-order valence-electron chi connectivity index (χ1n) is 9.46. The lowest BCUT2D eigenvalue weighted by Gasteiger charge is -2.16. The van der Waals surface area contributed by atoms with E-state index in [0.29, 0.717) is 22.4 Å². The molecule has 3 heterocycles. The number of nitrogens with zero attached hydrogens (tertiary/aromatic N) is 1. The Bertz CT molecular complexity index is 1040. The van der Waals surface area contributed by atoms with Crippen molar-refractivity contribution in [3.63, 3.8) is 0 Å². The zero-order valence-electron chi connectivity index (χ0n) is 16.1. The molecule has 4 N–H and O–H groups in total. The highest BCUT2D eigenvalue weighted by Crippen LogP contribution is 2.43. The average molecular weight is 451 g/mol. The molecule has 32 heavy (non-hydrogen) atoms. The molecule has 2 fully saturated rings. The molecule has 0 unspecified atom stereocenters. The second-order valence-corrected chi connectivity index (χ2v) is 7.58. The summed E-state index contributed by atoms with van der Waals surface area (Å²) in [6.45, 7) is 0. The van der Waals surface area contributed by atoms with Crippen molar-refractivity contribution < 1.29 is 26.3 Å². The first-order valence-corrected chi connectivity index (χ1v) is 9.46. The van der Waals surface area contributed by atoms with Gasteiger partial charge in [-0.25, -0.2) is 21.7 Å². The minimum atomic E-state index is -4.48. The van der Waals surface area contributed by atoms with Gasteiger partial charge in [0.1, 0.15) is 0 Å². The quantitative estimate of drug-likeness (QED) is 0.354. The number of aromatic nitrogens is 1. The monoisotopic (exact) mass is 451 g/mol. The van der Waals surface area contributed by atoms with E-state index in [1.165, 1.54) is 24.3 Å². The maximum absolute atomic E-state index is 13.2. The van der Waals surface area contributed by atoms with Crippen LogP contribution in [0.25, 0.3) is 22.4 Å². The van der Waals surface area contributed by atoms with Crippen LogP contribution in [0.1, 0.15) is 11.1 Å². The molecule has 1 aromatic heterocycles. The van der Waals surface area contributed by atoms with Crippen molar-refractivity contribution in [1.29, 1.82) is 0 Å². The summed E-state index contributed by atoms with van der Waals surface area (Å²) >= 11 is 0. The van der Waals surface area contributed by atoms with Crippen LogP contribution in [0.2, 0.25) is 0 Å². The fraction of sp³-hybridized carbons (Fsp3) is 0.190. The Morgan fingerprint density at radius 3 is 1.28 bits per heavy atom. The highest BCUT2D eigenvalue weighted by Gasteiger charge is 2.66. The molecule has 0 radical (unpaired) electrons. The normalized spacial score (nSPS) is 18.9. The van der Waals surface area contributed by atoms with Gasteiger partial charge in [0.2, 0.25) is 11.3 Å². The maximum Gasteiger partial charge on any atom is 0.426 e. The lowest BCUT2D eigenvalue weighted by molar-refractivity contribution is -0.166. The molecule has 0 aliphatic carbocycles. The Kier molecular flexibility index (Phi) is 4.41. The molecular formula is C21H15F6N5. The summed E-state index contributed by atoms with van der Waals surface area (Å²) in [7, 11) is 0. The van der Waals surface area contributed by atoms with E-state index in [4.69, 9.17) is 0 Å². The number of hydrogen-bond donors (Lipinski definition) is 4. The van der Waals surface area contributed by atoms with Crippen molar-refractivity contribution in [3.8, 4) is 22.4 Å². The number of halogens is 6. The van der Waals surface area contributed by atoms with Gasteiger partial charge in [-0.3, -0.25) is 4.98 Å². The first-order chi connectivity index (χ1) is 15.1. The topological polar surface area (TPSA) is 101 Å². The summed E-state index contributed by atoms with van der Waals surface area (Å²) in [5.74, 6) is 0. The molecule has 11 heteroatoms. The van der Waals surface area contributed by atoms with Crippen molar-refractivity contribution in [2.75, 3.05) is 0 Å². The Hall–Kier alpha value is -2.99. The fourth-order valence-electron chi connectivity index (χ4n) is 3.56. The number of alkyl halides is 6. The maximum atomic E-state index is 13.2. The third kappa shape index (κ3) is 3.25. The van der Waals surface area contributed by atoms with Crippen LogP contribution in [0.3, 0.4) is 0 Å². The molecule has 2 aromatic carbocycles. The van der Waals surface area contributed by atoms with Crippen LogP contribution < -0.4 is 21.7 Å². The molecule has 2 aliphatic rings. The van der Waals surface area contributed by atoms with Crippen molar-refractivity contribution in [1.82, 2.24) is 26.7 Å². The zero-order valence-corrected chi connectivity index (χ0v) is 16.1. The van der Waals surface area contributed by atoms with E-state index in [1.54, 1.807) is 42.6 Å². The molecule has 0 atom stereocenters. The minimum absolute atomic E-state index is 0.0433. The molecule has 0 amide bonds. The lowest BCUT2D eigenvalue weighted by atomic mass is 9.98. The Morgan fingerprint density at radius 2 is 0.938 bits per heavy atom. The summed E-state index contributed by atoms with van der Waals surface area (Å²) < 4.78 is 79.0.